The van der Waals surface area contributed by atoms with E-state index in [1.165, 1.54) is 22.3 Å². The molecule has 0 fully saturated rings. The standard InChI is InChI=1S/C29H34O4/c1-31-28(32-2)10-6-7-19-33-25-15-11-22(12-16-25)29-26(21-8-4-3-5-9-21)17-13-23-20-24(30)14-18-27(23)29/h3-5,8-9,11-12,14-16,18,20,26,28-30H,6-7,10,13,17,19H2,1-2H3. The SMILES string of the molecule is COC(CCCCOc1ccc(C2c3ccc(O)cc3CCC2c2ccccc2)cc1)OC. The molecule has 33 heavy (non-hydrogen) atoms. The minimum Gasteiger partial charge on any atom is -0.508 e. The summed E-state index contributed by atoms with van der Waals surface area (Å²) < 4.78 is 16.4. The number of hydrogen-bond acceptors (Lipinski definition) is 4. The Morgan fingerprint density at radius 2 is 1.64 bits per heavy atom. The van der Waals surface area contributed by atoms with Crippen LogP contribution >= 0.6 is 0 Å². The highest BCUT2D eigenvalue weighted by atomic mass is 16.7. The molecular formula is C29H34O4. The van der Waals surface area contributed by atoms with E-state index in [-0.39, 0.29) is 12.2 Å². The Balaban J connectivity index is 1.47. The summed E-state index contributed by atoms with van der Waals surface area (Å²) in [5.74, 6) is 1.90. The molecule has 0 aliphatic heterocycles. The third kappa shape index (κ3) is 5.76. The van der Waals surface area contributed by atoms with Gasteiger partial charge in [0.2, 0.25) is 0 Å². The van der Waals surface area contributed by atoms with E-state index in [4.69, 9.17) is 14.2 Å². The Labute approximate surface area is 197 Å². The van der Waals surface area contributed by atoms with Crippen LogP contribution in [0.4, 0.5) is 0 Å². The maximum atomic E-state index is 10.0. The van der Waals surface area contributed by atoms with Crippen molar-refractivity contribution in [3.05, 3.63) is 95.1 Å². The first-order valence-electron chi connectivity index (χ1n) is 11.8. The molecule has 0 amide bonds. The molecule has 4 rings (SSSR count). The normalized spacial score (nSPS) is 17.7. The molecule has 0 bridgehead atoms. The maximum absolute atomic E-state index is 10.0. The zero-order chi connectivity index (χ0) is 23.0. The summed E-state index contributed by atoms with van der Waals surface area (Å²) in [4.78, 5) is 0. The molecule has 0 radical (unpaired) electrons. The zero-order valence-corrected chi connectivity index (χ0v) is 19.6. The second kappa shape index (κ2) is 11.4. The van der Waals surface area contributed by atoms with Gasteiger partial charge in [0.15, 0.2) is 6.29 Å². The monoisotopic (exact) mass is 446 g/mol. The minimum absolute atomic E-state index is 0.137. The van der Waals surface area contributed by atoms with Gasteiger partial charge >= 0.3 is 0 Å². The molecule has 4 heteroatoms. The van der Waals surface area contributed by atoms with Crippen LogP contribution in [-0.4, -0.2) is 32.2 Å². The molecule has 174 valence electrons. The van der Waals surface area contributed by atoms with Crippen LogP contribution < -0.4 is 4.74 Å². The molecule has 3 aromatic carbocycles. The predicted octanol–water partition coefficient (Wildman–Crippen LogP) is 6.42. The number of hydrogen-bond donors (Lipinski definition) is 1. The van der Waals surface area contributed by atoms with E-state index in [9.17, 15) is 5.11 Å². The third-order valence-corrected chi connectivity index (χ3v) is 6.68. The van der Waals surface area contributed by atoms with E-state index in [0.717, 1.165) is 37.9 Å². The summed E-state index contributed by atoms with van der Waals surface area (Å²) in [6.45, 7) is 0.678. The van der Waals surface area contributed by atoms with E-state index >= 15 is 0 Å². The average molecular weight is 447 g/mol. The molecule has 1 N–H and O–H groups in total. The van der Waals surface area contributed by atoms with Gasteiger partial charge in [-0.3, -0.25) is 0 Å². The van der Waals surface area contributed by atoms with E-state index < -0.39 is 0 Å². The van der Waals surface area contributed by atoms with Gasteiger partial charge in [-0.05, 0) is 84.5 Å². The van der Waals surface area contributed by atoms with Gasteiger partial charge in [0.25, 0.3) is 0 Å². The van der Waals surface area contributed by atoms with Crippen molar-refractivity contribution in [3.8, 4) is 11.5 Å². The number of aromatic hydroxyl groups is 1. The molecule has 4 nitrogen and oxygen atoms in total. The fourth-order valence-electron chi connectivity index (χ4n) is 4.98. The van der Waals surface area contributed by atoms with Gasteiger partial charge in [0, 0.05) is 20.1 Å². The minimum atomic E-state index is -0.137. The molecule has 1 aliphatic carbocycles. The molecule has 3 aromatic rings. The van der Waals surface area contributed by atoms with Crippen molar-refractivity contribution in [3.63, 3.8) is 0 Å². The van der Waals surface area contributed by atoms with E-state index in [1.54, 1.807) is 14.2 Å². The van der Waals surface area contributed by atoms with Crippen molar-refractivity contribution in [1.29, 1.82) is 0 Å². The van der Waals surface area contributed by atoms with Crippen molar-refractivity contribution < 1.29 is 19.3 Å². The average Bonchev–Trinajstić information content (AvgIpc) is 2.86. The summed E-state index contributed by atoms with van der Waals surface area (Å²) in [6.07, 6.45) is 4.73. The molecule has 2 unspecified atom stereocenters. The predicted molar refractivity (Wildman–Crippen MR) is 131 cm³/mol. The van der Waals surface area contributed by atoms with Gasteiger partial charge < -0.3 is 19.3 Å². The summed E-state index contributed by atoms with van der Waals surface area (Å²) in [7, 11) is 3.34. The Bertz CT molecular complexity index is 996. The fourth-order valence-corrected chi connectivity index (χ4v) is 4.98. The van der Waals surface area contributed by atoms with Gasteiger partial charge in [-0.2, -0.15) is 0 Å². The Kier molecular flexibility index (Phi) is 8.03. The molecule has 0 aromatic heterocycles. The van der Waals surface area contributed by atoms with E-state index in [2.05, 4.69) is 60.7 Å². The lowest BCUT2D eigenvalue weighted by atomic mass is 9.69. The smallest absolute Gasteiger partial charge is 0.156 e. The molecule has 0 spiro atoms. The van der Waals surface area contributed by atoms with Crippen LogP contribution in [0.5, 0.6) is 11.5 Å². The van der Waals surface area contributed by atoms with Crippen LogP contribution in [0.1, 0.15) is 59.8 Å². The lowest BCUT2D eigenvalue weighted by Crippen LogP contribution is -2.20. The van der Waals surface area contributed by atoms with Crippen molar-refractivity contribution in [2.75, 3.05) is 20.8 Å². The van der Waals surface area contributed by atoms with Gasteiger partial charge in [-0.25, -0.2) is 0 Å². The van der Waals surface area contributed by atoms with Gasteiger partial charge in [-0.15, -0.1) is 0 Å². The number of phenols is 1. The number of ether oxygens (including phenoxy) is 3. The van der Waals surface area contributed by atoms with Crippen LogP contribution in [0, 0.1) is 0 Å². The maximum Gasteiger partial charge on any atom is 0.156 e. The Morgan fingerprint density at radius 3 is 2.36 bits per heavy atom. The highest BCUT2D eigenvalue weighted by molar-refractivity contribution is 5.48. The Morgan fingerprint density at radius 1 is 0.879 bits per heavy atom. The number of fused-ring (bicyclic) bond motifs is 1. The molecule has 2 atom stereocenters. The lowest BCUT2D eigenvalue weighted by molar-refractivity contribution is -0.107. The highest BCUT2D eigenvalue weighted by Gasteiger charge is 2.32. The van der Waals surface area contributed by atoms with Gasteiger partial charge in [-0.1, -0.05) is 48.5 Å². The Hall–Kier alpha value is -2.82. The third-order valence-electron chi connectivity index (χ3n) is 6.68. The second-order valence-corrected chi connectivity index (χ2v) is 8.73. The first kappa shape index (κ1) is 23.3. The topological polar surface area (TPSA) is 47.9 Å². The number of unbranched alkanes of at least 4 members (excludes halogenated alkanes) is 1. The van der Waals surface area contributed by atoms with Crippen LogP contribution in [-0.2, 0) is 15.9 Å². The first-order chi connectivity index (χ1) is 16.2. The number of rotatable bonds is 10. The molecule has 0 heterocycles. The van der Waals surface area contributed by atoms with Crippen LogP contribution in [0.25, 0.3) is 0 Å². The lowest BCUT2D eigenvalue weighted by Gasteiger charge is -2.34. The quantitative estimate of drug-likeness (QED) is 0.288. The molecule has 0 saturated carbocycles. The number of aryl methyl sites for hydroxylation is 1. The van der Waals surface area contributed by atoms with Crippen LogP contribution in [0.15, 0.2) is 72.8 Å². The van der Waals surface area contributed by atoms with Crippen LogP contribution in [0.2, 0.25) is 0 Å². The van der Waals surface area contributed by atoms with E-state index in [1.807, 2.05) is 12.1 Å². The van der Waals surface area contributed by atoms with Crippen molar-refractivity contribution in [1.82, 2.24) is 0 Å². The first-order valence-corrected chi connectivity index (χ1v) is 11.8. The van der Waals surface area contributed by atoms with Crippen LogP contribution in [0.3, 0.4) is 0 Å². The summed E-state index contributed by atoms with van der Waals surface area (Å²) >= 11 is 0. The number of phenolic OH excluding ortho intramolecular Hbond substituents is 1. The molecule has 1 aliphatic rings. The van der Waals surface area contributed by atoms with Gasteiger partial charge in [0.05, 0.1) is 6.61 Å². The molecular weight excluding hydrogens is 412 g/mol. The molecule has 0 saturated heterocycles. The second-order valence-electron chi connectivity index (χ2n) is 8.73. The van der Waals surface area contributed by atoms with Crippen molar-refractivity contribution >= 4 is 0 Å². The highest BCUT2D eigenvalue weighted by Crippen LogP contribution is 2.47. The largest absolute Gasteiger partial charge is 0.508 e. The van der Waals surface area contributed by atoms with E-state index in [0.29, 0.717) is 18.3 Å². The number of benzene rings is 3. The fraction of sp³-hybridized carbons (Fsp3) is 0.379. The summed E-state index contributed by atoms with van der Waals surface area (Å²) in [5.41, 5.74) is 5.21. The van der Waals surface area contributed by atoms with Crippen molar-refractivity contribution in [2.45, 2.75) is 50.2 Å². The summed E-state index contributed by atoms with van der Waals surface area (Å²) in [5, 5.41) is 10.0. The zero-order valence-electron chi connectivity index (χ0n) is 19.6. The van der Waals surface area contributed by atoms with Gasteiger partial charge in [0.1, 0.15) is 11.5 Å². The van der Waals surface area contributed by atoms with Crippen molar-refractivity contribution in [2.24, 2.45) is 0 Å². The summed E-state index contributed by atoms with van der Waals surface area (Å²) in [6, 6.07) is 25.2. The number of methoxy groups -OCH3 is 2.